The predicted octanol–water partition coefficient (Wildman–Crippen LogP) is 6.83. The van der Waals surface area contributed by atoms with Crippen molar-refractivity contribution in [3.05, 3.63) is 79.4 Å². The van der Waals surface area contributed by atoms with Crippen LogP contribution >= 0.6 is 0 Å². The van der Waals surface area contributed by atoms with Gasteiger partial charge in [0.2, 0.25) is 0 Å². The largest absolute Gasteiger partial charge is 0.456 e. The van der Waals surface area contributed by atoms with Crippen LogP contribution in [0, 0.1) is 0 Å². The van der Waals surface area contributed by atoms with Crippen molar-refractivity contribution in [2.45, 2.75) is 0 Å². The minimum atomic E-state index is 0.856. The van der Waals surface area contributed by atoms with E-state index in [0.717, 1.165) is 71.2 Å². The minimum Gasteiger partial charge on any atom is -0.456 e. The van der Waals surface area contributed by atoms with Gasteiger partial charge in [-0.25, -0.2) is 4.98 Å². The molecule has 144 valence electrons. The van der Waals surface area contributed by atoms with Crippen molar-refractivity contribution in [2.24, 2.45) is 0 Å². The van der Waals surface area contributed by atoms with Crippen molar-refractivity contribution in [3.63, 3.8) is 0 Å². The first-order valence-corrected chi connectivity index (χ1v) is 10.2. The lowest BCUT2D eigenvalue weighted by atomic mass is 10.0. The number of imidazole rings is 1. The number of pyridine rings is 2. The summed E-state index contributed by atoms with van der Waals surface area (Å²) in [6.07, 6.45) is 7.54. The molecule has 0 saturated carbocycles. The van der Waals surface area contributed by atoms with Gasteiger partial charge in [0.15, 0.2) is 0 Å². The first kappa shape index (κ1) is 15.5. The van der Waals surface area contributed by atoms with Crippen molar-refractivity contribution in [3.8, 4) is 0 Å². The molecule has 5 heteroatoms. The second kappa shape index (κ2) is 5.21. The van der Waals surface area contributed by atoms with Crippen LogP contribution < -0.4 is 0 Å². The Labute approximate surface area is 174 Å². The summed E-state index contributed by atoms with van der Waals surface area (Å²) in [6, 6.07) is 18.5. The van der Waals surface area contributed by atoms with Crippen LogP contribution in [0.4, 0.5) is 0 Å². The van der Waals surface area contributed by atoms with E-state index in [1.165, 1.54) is 0 Å². The molecule has 8 aromatic rings. The Hall–Kier alpha value is -4.38. The quantitative estimate of drug-likeness (QED) is 0.262. The molecular formula is C26H13N3O2. The van der Waals surface area contributed by atoms with Crippen LogP contribution in [0.5, 0.6) is 0 Å². The van der Waals surface area contributed by atoms with Crippen molar-refractivity contribution in [1.29, 1.82) is 0 Å². The fraction of sp³-hybridized carbons (Fsp3) is 0. The number of hydrogen-bond acceptors (Lipinski definition) is 4. The van der Waals surface area contributed by atoms with Crippen LogP contribution in [-0.2, 0) is 0 Å². The molecule has 0 aliphatic heterocycles. The zero-order valence-corrected chi connectivity index (χ0v) is 16.2. The molecule has 0 amide bonds. The Morgan fingerprint density at radius 2 is 1.52 bits per heavy atom. The third kappa shape index (κ3) is 1.82. The van der Waals surface area contributed by atoms with Crippen LogP contribution in [-0.4, -0.2) is 14.4 Å². The van der Waals surface area contributed by atoms with Crippen LogP contribution in [0.15, 0.2) is 88.2 Å². The molecule has 0 atom stereocenters. The molecule has 3 aromatic carbocycles. The van der Waals surface area contributed by atoms with E-state index in [1.807, 2.05) is 49.1 Å². The van der Waals surface area contributed by atoms with E-state index in [4.69, 9.17) is 8.83 Å². The minimum absolute atomic E-state index is 0.856. The summed E-state index contributed by atoms with van der Waals surface area (Å²) in [6.45, 7) is 0. The highest BCUT2D eigenvalue weighted by atomic mass is 16.3. The number of nitrogens with zero attached hydrogens (tertiary/aromatic N) is 3. The SMILES string of the molecule is c1ccc2c(c1)oc1cc3c(cc12)oc1ccc2c(c4ccncc4c4nccn24)c13. The van der Waals surface area contributed by atoms with Gasteiger partial charge in [0, 0.05) is 57.1 Å². The van der Waals surface area contributed by atoms with Crippen LogP contribution in [0.25, 0.3) is 71.2 Å². The maximum atomic E-state index is 6.35. The molecule has 0 spiro atoms. The maximum absolute atomic E-state index is 6.35. The molecule has 0 radical (unpaired) electrons. The van der Waals surface area contributed by atoms with E-state index < -0.39 is 0 Å². The average Bonchev–Trinajstić information content (AvgIpc) is 3.52. The summed E-state index contributed by atoms with van der Waals surface area (Å²) in [5, 5.41) is 7.56. The van der Waals surface area contributed by atoms with Gasteiger partial charge in [-0.15, -0.1) is 0 Å². The molecule has 0 N–H and O–H groups in total. The molecule has 0 saturated heterocycles. The maximum Gasteiger partial charge on any atom is 0.146 e. The van der Waals surface area contributed by atoms with Crippen molar-refractivity contribution in [2.75, 3.05) is 0 Å². The van der Waals surface area contributed by atoms with E-state index in [9.17, 15) is 0 Å². The standard InChI is InChI=1S/C26H13N3O2/c1-2-4-20-14(3-1)16-11-23-17(12-22(16)30-20)25-21(31-23)6-5-19-24(25)15-7-8-27-13-18(15)26-28-9-10-29(19)26/h1-13H. The number of rotatable bonds is 0. The molecule has 5 heterocycles. The van der Waals surface area contributed by atoms with Gasteiger partial charge in [0.05, 0.1) is 5.52 Å². The van der Waals surface area contributed by atoms with Crippen LogP contribution in [0.1, 0.15) is 0 Å². The molecule has 0 aliphatic rings. The van der Waals surface area contributed by atoms with Crippen LogP contribution in [0.3, 0.4) is 0 Å². The molecule has 8 rings (SSSR count). The molecule has 5 aromatic heterocycles. The molecule has 0 unspecified atom stereocenters. The van der Waals surface area contributed by atoms with Gasteiger partial charge in [-0.2, -0.15) is 0 Å². The van der Waals surface area contributed by atoms with E-state index >= 15 is 0 Å². The van der Waals surface area contributed by atoms with E-state index in [2.05, 4.69) is 44.7 Å². The first-order chi connectivity index (χ1) is 15.4. The fourth-order valence-corrected chi connectivity index (χ4v) is 5.04. The molecule has 31 heavy (non-hydrogen) atoms. The smallest absolute Gasteiger partial charge is 0.146 e. The molecular weight excluding hydrogens is 386 g/mol. The summed E-state index contributed by atoms with van der Waals surface area (Å²) in [5.41, 5.74) is 5.46. The number of fused-ring (bicyclic) bond motifs is 13. The second-order valence-corrected chi connectivity index (χ2v) is 7.92. The Morgan fingerprint density at radius 3 is 2.52 bits per heavy atom. The second-order valence-electron chi connectivity index (χ2n) is 7.92. The topological polar surface area (TPSA) is 56.5 Å². The number of furan rings is 2. The molecule has 5 nitrogen and oxygen atoms in total. The number of para-hydroxylation sites is 1. The average molecular weight is 399 g/mol. The first-order valence-electron chi connectivity index (χ1n) is 10.2. The highest BCUT2D eigenvalue weighted by molar-refractivity contribution is 6.28. The third-order valence-corrected chi connectivity index (χ3v) is 6.34. The lowest BCUT2D eigenvalue weighted by molar-refractivity contribution is 0.664. The Bertz CT molecular complexity index is 2010. The van der Waals surface area contributed by atoms with E-state index in [-0.39, 0.29) is 0 Å². The van der Waals surface area contributed by atoms with Gasteiger partial charge in [0.1, 0.15) is 28.0 Å². The van der Waals surface area contributed by atoms with Gasteiger partial charge < -0.3 is 8.83 Å². The number of aromatic nitrogens is 3. The molecule has 0 aliphatic carbocycles. The number of benzene rings is 3. The Kier molecular flexibility index (Phi) is 2.60. The van der Waals surface area contributed by atoms with Gasteiger partial charge in [0.25, 0.3) is 0 Å². The highest BCUT2D eigenvalue weighted by Crippen LogP contribution is 2.41. The van der Waals surface area contributed by atoms with Gasteiger partial charge in [-0.1, -0.05) is 18.2 Å². The van der Waals surface area contributed by atoms with E-state index in [1.54, 1.807) is 0 Å². The zero-order valence-electron chi connectivity index (χ0n) is 16.2. The van der Waals surface area contributed by atoms with Gasteiger partial charge >= 0.3 is 0 Å². The third-order valence-electron chi connectivity index (χ3n) is 6.34. The fourth-order valence-electron chi connectivity index (χ4n) is 5.04. The van der Waals surface area contributed by atoms with Gasteiger partial charge in [-0.05, 0) is 41.8 Å². The van der Waals surface area contributed by atoms with Crippen molar-refractivity contribution < 1.29 is 8.83 Å². The molecule has 0 fully saturated rings. The van der Waals surface area contributed by atoms with Crippen molar-refractivity contribution >= 4 is 71.2 Å². The summed E-state index contributed by atoms with van der Waals surface area (Å²) in [4.78, 5) is 8.93. The van der Waals surface area contributed by atoms with E-state index in [0.29, 0.717) is 0 Å². The Balaban J connectivity index is 1.67. The number of hydrogen-bond donors (Lipinski definition) is 0. The normalized spacial score (nSPS) is 12.5. The zero-order chi connectivity index (χ0) is 20.1. The van der Waals surface area contributed by atoms with Crippen LogP contribution in [0.2, 0.25) is 0 Å². The summed E-state index contributed by atoms with van der Waals surface area (Å²) >= 11 is 0. The monoisotopic (exact) mass is 399 g/mol. The summed E-state index contributed by atoms with van der Waals surface area (Å²) in [7, 11) is 0. The summed E-state index contributed by atoms with van der Waals surface area (Å²) in [5.74, 6) is 0. The van der Waals surface area contributed by atoms with Gasteiger partial charge in [-0.3, -0.25) is 9.38 Å². The van der Waals surface area contributed by atoms with Crippen molar-refractivity contribution in [1.82, 2.24) is 14.4 Å². The summed E-state index contributed by atoms with van der Waals surface area (Å²) < 4.78 is 14.6. The Morgan fingerprint density at radius 1 is 0.645 bits per heavy atom. The predicted molar refractivity (Wildman–Crippen MR) is 123 cm³/mol. The highest BCUT2D eigenvalue weighted by Gasteiger charge is 2.18. The molecule has 0 bridgehead atoms. The lowest BCUT2D eigenvalue weighted by Gasteiger charge is -2.08. The lowest BCUT2D eigenvalue weighted by Crippen LogP contribution is -1.91.